The molecule has 0 aliphatic carbocycles. The van der Waals surface area contributed by atoms with Gasteiger partial charge in [-0.3, -0.25) is 0 Å². The SMILES string of the molecule is NC(N)=NC(N)=Nc1ccc(Sc2c(F)c(F)c(F)c(F)c2F)cc1. The molecule has 5 nitrogen and oxygen atoms in total. The van der Waals surface area contributed by atoms with Crippen LogP contribution in [0.2, 0.25) is 0 Å². The van der Waals surface area contributed by atoms with Crippen molar-refractivity contribution in [3.8, 4) is 0 Å². The molecule has 2 aromatic rings. The molecule has 0 unspecified atom stereocenters. The van der Waals surface area contributed by atoms with Gasteiger partial charge in [-0.1, -0.05) is 11.8 Å². The second kappa shape index (κ2) is 7.38. The Morgan fingerprint density at radius 1 is 0.760 bits per heavy atom. The topological polar surface area (TPSA) is 103 Å². The second-order valence-electron chi connectivity index (χ2n) is 4.50. The highest BCUT2D eigenvalue weighted by Crippen LogP contribution is 2.36. The average Bonchev–Trinajstić information content (AvgIpc) is 2.56. The third kappa shape index (κ3) is 4.18. The fourth-order valence-electron chi connectivity index (χ4n) is 1.67. The van der Waals surface area contributed by atoms with Gasteiger partial charge in [0.2, 0.25) is 11.8 Å². The van der Waals surface area contributed by atoms with E-state index in [1.54, 1.807) is 0 Å². The van der Waals surface area contributed by atoms with Crippen LogP contribution in [-0.4, -0.2) is 11.9 Å². The number of hydrogen-bond acceptors (Lipinski definition) is 2. The predicted octanol–water partition coefficient (Wildman–Crippen LogP) is 2.75. The minimum Gasteiger partial charge on any atom is -0.370 e. The highest BCUT2D eigenvalue weighted by molar-refractivity contribution is 7.99. The van der Waals surface area contributed by atoms with Gasteiger partial charge in [-0.15, -0.1) is 0 Å². The molecule has 0 aromatic heterocycles. The molecular formula is C14H10F5N5S. The van der Waals surface area contributed by atoms with Crippen molar-refractivity contribution >= 4 is 29.4 Å². The van der Waals surface area contributed by atoms with Gasteiger partial charge in [0.05, 0.1) is 10.6 Å². The van der Waals surface area contributed by atoms with Crippen molar-refractivity contribution in [3.63, 3.8) is 0 Å². The number of aliphatic imine (C=N–C) groups is 2. The predicted molar refractivity (Wildman–Crippen MR) is 83.9 cm³/mol. The molecule has 2 rings (SSSR count). The smallest absolute Gasteiger partial charge is 0.223 e. The van der Waals surface area contributed by atoms with E-state index in [1.807, 2.05) is 0 Å². The first-order valence-electron chi connectivity index (χ1n) is 6.43. The maximum absolute atomic E-state index is 13.6. The molecule has 132 valence electrons. The maximum atomic E-state index is 13.6. The molecule has 0 radical (unpaired) electrons. The zero-order chi connectivity index (χ0) is 18.7. The summed E-state index contributed by atoms with van der Waals surface area (Å²) in [6, 6.07) is 5.49. The molecule has 25 heavy (non-hydrogen) atoms. The number of hydrogen-bond donors (Lipinski definition) is 3. The Labute approximate surface area is 142 Å². The molecule has 0 heterocycles. The first kappa shape index (κ1) is 18.5. The summed E-state index contributed by atoms with van der Waals surface area (Å²) in [5.41, 5.74) is 16.0. The van der Waals surface area contributed by atoms with E-state index < -0.39 is 34.0 Å². The standard InChI is InChI=1S/C14H10F5N5S/c15-7-8(16)10(18)12(11(19)9(7)17)25-6-3-1-5(2-4-6)23-14(22)24-13(20)21/h1-4H,(H6,20,21,22,23,24). The summed E-state index contributed by atoms with van der Waals surface area (Å²) in [6.07, 6.45) is 0. The van der Waals surface area contributed by atoms with E-state index in [0.717, 1.165) is 0 Å². The van der Waals surface area contributed by atoms with Gasteiger partial charge >= 0.3 is 0 Å². The average molecular weight is 375 g/mol. The molecule has 11 heteroatoms. The second-order valence-corrected chi connectivity index (χ2v) is 5.59. The molecule has 6 N–H and O–H groups in total. The number of guanidine groups is 2. The van der Waals surface area contributed by atoms with Gasteiger partial charge in [0, 0.05) is 4.90 Å². The first-order chi connectivity index (χ1) is 11.7. The van der Waals surface area contributed by atoms with E-state index in [4.69, 9.17) is 17.2 Å². The van der Waals surface area contributed by atoms with Crippen LogP contribution in [0.1, 0.15) is 0 Å². The number of benzene rings is 2. The Bertz CT molecular complexity index is 834. The van der Waals surface area contributed by atoms with Crippen LogP contribution in [0.3, 0.4) is 0 Å². The van der Waals surface area contributed by atoms with Crippen LogP contribution in [0, 0.1) is 29.1 Å². The highest BCUT2D eigenvalue weighted by Gasteiger charge is 2.26. The summed E-state index contributed by atoms with van der Waals surface area (Å²) < 4.78 is 66.7. The van der Waals surface area contributed by atoms with Crippen molar-refractivity contribution in [1.82, 2.24) is 0 Å². The van der Waals surface area contributed by atoms with Crippen LogP contribution < -0.4 is 17.2 Å². The molecule has 0 atom stereocenters. The molecule has 0 amide bonds. The van der Waals surface area contributed by atoms with Crippen LogP contribution in [0.15, 0.2) is 44.0 Å². The van der Waals surface area contributed by atoms with Crippen LogP contribution >= 0.6 is 11.8 Å². The Balaban J connectivity index is 2.30. The number of nitrogens with zero attached hydrogens (tertiary/aromatic N) is 2. The molecule has 2 aromatic carbocycles. The molecule has 0 fully saturated rings. The molecule has 0 spiro atoms. The Hall–Kier alpha value is -2.82. The van der Waals surface area contributed by atoms with Gasteiger partial charge in [0.25, 0.3) is 0 Å². The van der Waals surface area contributed by atoms with Gasteiger partial charge in [-0.2, -0.15) is 4.99 Å². The van der Waals surface area contributed by atoms with Crippen molar-refractivity contribution < 1.29 is 22.0 Å². The number of rotatable bonds is 3. The fraction of sp³-hybridized carbons (Fsp3) is 0. The zero-order valence-corrected chi connectivity index (χ0v) is 13.1. The van der Waals surface area contributed by atoms with E-state index >= 15 is 0 Å². The van der Waals surface area contributed by atoms with Crippen molar-refractivity contribution in [3.05, 3.63) is 53.4 Å². The zero-order valence-electron chi connectivity index (χ0n) is 12.2. The summed E-state index contributed by atoms with van der Waals surface area (Å²) in [5, 5.41) is 0. The van der Waals surface area contributed by atoms with Gasteiger partial charge in [-0.05, 0) is 24.3 Å². The van der Waals surface area contributed by atoms with Crippen molar-refractivity contribution in [2.45, 2.75) is 9.79 Å². The third-order valence-electron chi connectivity index (χ3n) is 2.71. The quantitative estimate of drug-likeness (QED) is 0.252. The molecule has 0 aliphatic heterocycles. The van der Waals surface area contributed by atoms with Crippen molar-refractivity contribution in [2.24, 2.45) is 27.2 Å². The minimum atomic E-state index is -2.21. The van der Waals surface area contributed by atoms with Crippen LogP contribution in [0.4, 0.5) is 27.6 Å². The lowest BCUT2D eigenvalue weighted by atomic mass is 10.3. The Kier molecular flexibility index (Phi) is 5.47. The summed E-state index contributed by atoms with van der Waals surface area (Å²) in [7, 11) is 0. The lowest BCUT2D eigenvalue weighted by Gasteiger charge is -2.08. The highest BCUT2D eigenvalue weighted by atomic mass is 32.2. The lowest BCUT2D eigenvalue weighted by molar-refractivity contribution is 0.361. The van der Waals surface area contributed by atoms with Gasteiger partial charge < -0.3 is 17.2 Å². The Morgan fingerprint density at radius 2 is 1.24 bits per heavy atom. The van der Waals surface area contributed by atoms with E-state index in [-0.39, 0.29) is 16.8 Å². The normalized spacial score (nSPS) is 11.5. The van der Waals surface area contributed by atoms with E-state index in [0.29, 0.717) is 17.4 Å². The number of halogens is 5. The first-order valence-corrected chi connectivity index (χ1v) is 7.25. The van der Waals surface area contributed by atoms with Crippen LogP contribution in [-0.2, 0) is 0 Å². The Morgan fingerprint density at radius 3 is 1.72 bits per heavy atom. The molecule has 0 aliphatic rings. The van der Waals surface area contributed by atoms with Gasteiger partial charge in [-0.25, -0.2) is 26.9 Å². The summed E-state index contributed by atoms with van der Waals surface area (Å²) in [6.45, 7) is 0. The van der Waals surface area contributed by atoms with E-state index in [2.05, 4.69) is 9.98 Å². The van der Waals surface area contributed by atoms with E-state index in [9.17, 15) is 22.0 Å². The molecule has 0 saturated carbocycles. The summed E-state index contributed by atoms with van der Waals surface area (Å²) in [5.74, 6) is -10.5. The fourth-order valence-corrected chi connectivity index (χ4v) is 2.54. The lowest BCUT2D eigenvalue weighted by Crippen LogP contribution is -2.26. The van der Waals surface area contributed by atoms with Gasteiger partial charge in [0.1, 0.15) is 0 Å². The maximum Gasteiger partial charge on any atom is 0.223 e. The largest absolute Gasteiger partial charge is 0.370 e. The number of nitrogens with two attached hydrogens (primary N) is 3. The van der Waals surface area contributed by atoms with Crippen LogP contribution in [0.25, 0.3) is 0 Å². The van der Waals surface area contributed by atoms with Gasteiger partial charge in [0.15, 0.2) is 29.2 Å². The molecule has 0 bridgehead atoms. The summed E-state index contributed by atoms with van der Waals surface area (Å²) in [4.78, 5) is 6.54. The molecule has 0 saturated heterocycles. The van der Waals surface area contributed by atoms with Crippen LogP contribution in [0.5, 0.6) is 0 Å². The monoisotopic (exact) mass is 375 g/mol. The minimum absolute atomic E-state index is 0.211. The van der Waals surface area contributed by atoms with Crippen molar-refractivity contribution in [2.75, 3.05) is 0 Å². The summed E-state index contributed by atoms with van der Waals surface area (Å²) >= 11 is 0.372. The van der Waals surface area contributed by atoms with Crippen molar-refractivity contribution in [1.29, 1.82) is 0 Å². The molecular weight excluding hydrogens is 365 g/mol. The third-order valence-corrected chi connectivity index (χ3v) is 3.78. The van der Waals surface area contributed by atoms with E-state index in [1.165, 1.54) is 24.3 Å².